The smallest absolute Gasteiger partial charge is 0.382 e. The second kappa shape index (κ2) is 13.3. The lowest BCUT2D eigenvalue weighted by atomic mass is 9.83. The third-order valence-corrected chi connectivity index (χ3v) is 8.02. The number of rotatable bonds is 10. The Kier molecular flexibility index (Phi) is 9.97. The first kappa shape index (κ1) is 31.5. The molecule has 0 bridgehead atoms. The maximum atomic E-state index is 13.6. The SMILES string of the molecule is COC[C@H](c1ccnc(NC(=O)[C@H](NC(=O)c2ccnn2C(C)C)C2CCC(Cl)CC2)c1)N1C[C@@H](C(F)(F)F)NC1=O. The van der Waals surface area contributed by atoms with Gasteiger partial charge in [0, 0.05) is 30.9 Å². The first-order chi connectivity index (χ1) is 19.9. The third-order valence-electron chi connectivity index (χ3n) is 7.59. The number of amides is 4. The fourth-order valence-corrected chi connectivity index (χ4v) is 5.64. The van der Waals surface area contributed by atoms with Crippen LogP contribution in [0, 0.1) is 5.92 Å². The Labute approximate surface area is 246 Å². The van der Waals surface area contributed by atoms with Crippen LogP contribution in [0.4, 0.5) is 23.8 Å². The van der Waals surface area contributed by atoms with Gasteiger partial charge in [0.2, 0.25) is 5.91 Å². The molecule has 42 heavy (non-hydrogen) atoms. The molecule has 11 nitrogen and oxygen atoms in total. The number of carbonyl (C=O) groups is 3. The molecule has 3 heterocycles. The van der Waals surface area contributed by atoms with Gasteiger partial charge in [-0.05, 0) is 69.2 Å². The zero-order valence-corrected chi connectivity index (χ0v) is 24.3. The van der Waals surface area contributed by atoms with Gasteiger partial charge in [0.1, 0.15) is 23.6 Å². The van der Waals surface area contributed by atoms with Gasteiger partial charge in [-0.2, -0.15) is 18.3 Å². The predicted octanol–water partition coefficient (Wildman–Crippen LogP) is 4.04. The molecule has 2 aromatic heterocycles. The van der Waals surface area contributed by atoms with Gasteiger partial charge in [0.05, 0.1) is 19.2 Å². The van der Waals surface area contributed by atoms with Gasteiger partial charge in [-0.3, -0.25) is 14.3 Å². The largest absolute Gasteiger partial charge is 0.410 e. The average molecular weight is 614 g/mol. The number of carbonyl (C=O) groups excluding carboxylic acids is 3. The highest BCUT2D eigenvalue weighted by Gasteiger charge is 2.48. The summed E-state index contributed by atoms with van der Waals surface area (Å²) in [7, 11) is 1.38. The summed E-state index contributed by atoms with van der Waals surface area (Å²) in [5.41, 5.74) is 0.738. The number of ether oxygens (including phenoxy) is 1. The second-order valence-corrected chi connectivity index (χ2v) is 11.5. The molecule has 4 amide bonds. The van der Waals surface area contributed by atoms with E-state index >= 15 is 0 Å². The minimum Gasteiger partial charge on any atom is -0.382 e. The van der Waals surface area contributed by atoms with Gasteiger partial charge in [-0.15, -0.1) is 11.6 Å². The van der Waals surface area contributed by atoms with E-state index < -0.39 is 48.7 Å². The number of urea groups is 1. The zero-order chi connectivity index (χ0) is 30.6. The number of nitrogens with zero attached hydrogens (tertiary/aromatic N) is 4. The van der Waals surface area contributed by atoms with E-state index in [-0.39, 0.29) is 29.8 Å². The summed E-state index contributed by atoms with van der Waals surface area (Å²) in [5.74, 6) is -1.02. The Balaban J connectivity index is 1.55. The molecular formula is C27H35ClF3N7O4. The molecule has 2 aromatic rings. The van der Waals surface area contributed by atoms with Crippen LogP contribution in [0.5, 0.6) is 0 Å². The summed E-state index contributed by atoms with van der Waals surface area (Å²) in [5, 5.41) is 11.8. The lowest BCUT2D eigenvalue weighted by Gasteiger charge is -2.32. The molecule has 15 heteroatoms. The van der Waals surface area contributed by atoms with Crippen molar-refractivity contribution in [3.05, 3.63) is 41.9 Å². The fraction of sp³-hybridized carbons (Fsp3) is 0.593. The van der Waals surface area contributed by atoms with Crippen LogP contribution in [0.1, 0.15) is 67.7 Å². The van der Waals surface area contributed by atoms with Crippen LogP contribution in [0.2, 0.25) is 0 Å². The van der Waals surface area contributed by atoms with Crippen molar-refractivity contribution < 1.29 is 32.3 Å². The number of hydrogen-bond acceptors (Lipinski definition) is 6. The van der Waals surface area contributed by atoms with Crippen LogP contribution in [0.25, 0.3) is 0 Å². The van der Waals surface area contributed by atoms with Crippen molar-refractivity contribution in [1.82, 2.24) is 30.3 Å². The minimum absolute atomic E-state index is 0.00108. The predicted molar refractivity (Wildman–Crippen MR) is 148 cm³/mol. The van der Waals surface area contributed by atoms with E-state index in [0.29, 0.717) is 36.9 Å². The molecule has 0 aromatic carbocycles. The van der Waals surface area contributed by atoms with Gasteiger partial charge in [-0.25, -0.2) is 9.78 Å². The van der Waals surface area contributed by atoms with Crippen molar-refractivity contribution in [3.63, 3.8) is 0 Å². The molecular weight excluding hydrogens is 579 g/mol. The molecule has 0 spiro atoms. The number of alkyl halides is 4. The second-order valence-electron chi connectivity index (χ2n) is 10.8. The molecule has 2 aliphatic rings. The van der Waals surface area contributed by atoms with E-state index in [1.165, 1.54) is 25.6 Å². The number of pyridine rings is 1. The number of hydrogen-bond donors (Lipinski definition) is 3. The van der Waals surface area contributed by atoms with Crippen molar-refractivity contribution in [3.8, 4) is 0 Å². The van der Waals surface area contributed by atoms with E-state index in [0.717, 1.165) is 4.90 Å². The zero-order valence-electron chi connectivity index (χ0n) is 23.5. The van der Waals surface area contributed by atoms with Gasteiger partial charge >= 0.3 is 12.2 Å². The third kappa shape index (κ3) is 7.33. The van der Waals surface area contributed by atoms with Crippen LogP contribution in [0.3, 0.4) is 0 Å². The van der Waals surface area contributed by atoms with E-state index in [1.807, 2.05) is 19.2 Å². The van der Waals surface area contributed by atoms with E-state index in [1.54, 1.807) is 16.8 Å². The van der Waals surface area contributed by atoms with E-state index in [4.69, 9.17) is 16.3 Å². The van der Waals surface area contributed by atoms with Crippen molar-refractivity contribution in [2.45, 2.75) is 75.3 Å². The number of halogens is 4. The van der Waals surface area contributed by atoms with Crippen molar-refractivity contribution in [2.24, 2.45) is 5.92 Å². The van der Waals surface area contributed by atoms with Crippen LogP contribution >= 0.6 is 11.6 Å². The molecule has 3 atom stereocenters. The fourth-order valence-electron chi connectivity index (χ4n) is 5.39. The Morgan fingerprint density at radius 2 is 1.90 bits per heavy atom. The molecule has 0 radical (unpaired) electrons. The summed E-state index contributed by atoms with van der Waals surface area (Å²) < 4.78 is 46.6. The quantitative estimate of drug-likeness (QED) is 0.347. The van der Waals surface area contributed by atoms with Gasteiger partial charge in [-0.1, -0.05) is 0 Å². The first-order valence-corrected chi connectivity index (χ1v) is 14.2. The summed E-state index contributed by atoms with van der Waals surface area (Å²) in [6, 6.07) is -0.125. The standard InChI is InChI=1S/C27H35ClF3N7O4/c1-15(2)38-19(9-11-33-38)24(39)36-23(16-4-6-18(28)7-5-16)25(40)35-22-12-17(8-10-32-22)20(14-42-3)37-13-21(27(29,30)31)34-26(37)41/h8-12,15-16,18,20-21,23H,4-7,13-14H2,1-3H3,(H,34,41)(H,36,39)(H,32,35,40)/t16?,18?,20-,21+,23-/m1/s1. The highest BCUT2D eigenvalue weighted by Crippen LogP contribution is 2.32. The highest BCUT2D eigenvalue weighted by molar-refractivity contribution is 6.20. The topological polar surface area (TPSA) is 130 Å². The lowest BCUT2D eigenvalue weighted by Crippen LogP contribution is -2.50. The van der Waals surface area contributed by atoms with Gasteiger partial charge < -0.3 is 25.6 Å². The number of methoxy groups -OCH3 is 1. The molecule has 1 aliphatic carbocycles. The summed E-state index contributed by atoms with van der Waals surface area (Å²) >= 11 is 6.29. The molecule has 1 aliphatic heterocycles. The molecule has 3 N–H and O–H groups in total. The number of aromatic nitrogens is 3. The van der Waals surface area contributed by atoms with Crippen LogP contribution in [-0.2, 0) is 9.53 Å². The normalized spacial score (nSPS) is 22.5. The Hall–Kier alpha value is -3.39. The number of anilines is 1. The number of nitrogens with one attached hydrogen (secondary N) is 3. The molecule has 1 saturated heterocycles. The monoisotopic (exact) mass is 613 g/mol. The Morgan fingerprint density at radius 3 is 2.52 bits per heavy atom. The first-order valence-electron chi connectivity index (χ1n) is 13.8. The molecule has 2 fully saturated rings. The van der Waals surface area contributed by atoms with Gasteiger partial charge in [0.25, 0.3) is 5.91 Å². The summed E-state index contributed by atoms with van der Waals surface area (Å²) in [4.78, 5) is 44.6. The lowest BCUT2D eigenvalue weighted by molar-refractivity contribution is -0.150. The van der Waals surface area contributed by atoms with Gasteiger partial charge in [0.15, 0.2) is 0 Å². The van der Waals surface area contributed by atoms with Crippen LogP contribution < -0.4 is 16.0 Å². The molecule has 0 unspecified atom stereocenters. The highest BCUT2D eigenvalue weighted by atomic mass is 35.5. The Morgan fingerprint density at radius 1 is 1.19 bits per heavy atom. The minimum atomic E-state index is -4.60. The summed E-state index contributed by atoms with van der Waals surface area (Å²) in [6.45, 7) is 3.10. The van der Waals surface area contributed by atoms with E-state index in [9.17, 15) is 27.6 Å². The Bertz CT molecular complexity index is 1270. The van der Waals surface area contributed by atoms with Crippen molar-refractivity contribution in [1.29, 1.82) is 0 Å². The molecule has 4 rings (SSSR count). The van der Waals surface area contributed by atoms with Crippen molar-refractivity contribution in [2.75, 3.05) is 25.6 Å². The average Bonchev–Trinajstić information content (AvgIpc) is 3.58. The summed E-state index contributed by atoms with van der Waals surface area (Å²) in [6.07, 6.45) is 0.947. The maximum Gasteiger partial charge on any atom is 0.410 e. The molecule has 1 saturated carbocycles. The maximum absolute atomic E-state index is 13.6. The molecule has 230 valence electrons. The van der Waals surface area contributed by atoms with Crippen LogP contribution in [0.15, 0.2) is 30.6 Å². The van der Waals surface area contributed by atoms with Crippen molar-refractivity contribution >= 4 is 35.3 Å². The van der Waals surface area contributed by atoms with E-state index in [2.05, 4.69) is 20.7 Å². The van der Waals surface area contributed by atoms with Crippen LogP contribution in [-0.4, -0.2) is 81.4 Å².